The lowest BCUT2D eigenvalue weighted by Crippen LogP contribution is -2.13. The van der Waals surface area contributed by atoms with Gasteiger partial charge in [0.05, 0.1) is 0 Å². The molecular weight excluding hydrogens is 188 g/mol. The molecule has 1 aromatic rings. The molecule has 0 bridgehead atoms. The summed E-state index contributed by atoms with van der Waals surface area (Å²) in [6, 6.07) is 2.05. The van der Waals surface area contributed by atoms with Crippen LogP contribution >= 0.6 is 11.3 Å². The number of hydrazone groups is 1. The highest BCUT2D eigenvalue weighted by Gasteiger charge is 1.93. The summed E-state index contributed by atoms with van der Waals surface area (Å²) in [4.78, 5) is 11.2. The highest BCUT2D eigenvalue weighted by molar-refractivity contribution is 7.10. The molecule has 0 radical (unpaired) electrons. The van der Waals surface area contributed by atoms with Crippen molar-refractivity contribution in [2.75, 3.05) is 0 Å². The van der Waals surface area contributed by atoms with Crippen molar-refractivity contribution in [3.05, 3.63) is 21.9 Å². The van der Waals surface area contributed by atoms with Crippen molar-refractivity contribution in [1.29, 1.82) is 0 Å². The molecule has 0 atom stereocenters. The number of hydrogen-bond acceptors (Lipinski definition) is 3. The number of nitrogens with zero attached hydrogens (tertiary/aromatic N) is 1. The molecule has 4 nitrogen and oxygen atoms in total. The van der Waals surface area contributed by atoms with Crippen LogP contribution in [0.3, 0.4) is 0 Å². The van der Waals surface area contributed by atoms with Gasteiger partial charge < -0.3 is 5.11 Å². The number of carbonyl (C=O) groups is 1. The second-order valence-corrected chi connectivity index (χ2v) is 3.52. The smallest absolute Gasteiger partial charge is 0.425 e. The van der Waals surface area contributed by atoms with Crippen molar-refractivity contribution in [3.8, 4) is 0 Å². The van der Waals surface area contributed by atoms with Gasteiger partial charge in [-0.05, 0) is 23.9 Å². The molecule has 0 saturated heterocycles. The SMILES string of the molecule is Cc1csc(CC=NNC(=O)O)c1. The van der Waals surface area contributed by atoms with Gasteiger partial charge in [0.2, 0.25) is 0 Å². The molecule has 0 aliphatic heterocycles. The summed E-state index contributed by atoms with van der Waals surface area (Å²) in [5.74, 6) is 0. The van der Waals surface area contributed by atoms with Crippen LogP contribution < -0.4 is 5.43 Å². The van der Waals surface area contributed by atoms with Crippen molar-refractivity contribution in [2.45, 2.75) is 13.3 Å². The fraction of sp³-hybridized carbons (Fsp3) is 0.250. The van der Waals surface area contributed by atoms with Crippen LogP contribution in [0.4, 0.5) is 4.79 Å². The molecule has 2 N–H and O–H groups in total. The molecular formula is C8H10N2O2S. The predicted octanol–water partition coefficient (Wildman–Crippen LogP) is 1.85. The minimum atomic E-state index is -1.14. The van der Waals surface area contributed by atoms with E-state index < -0.39 is 6.09 Å². The summed E-state index contributed by atoms with van der Waals surface area (Å²) in [7, 11) is 0. The molecule has 0 spiro atoms. The van der Waals surface area contributed by atoms with Crippen LogP contribution in [0.2, 0.25) is 0 Å². The van der Waals surface area contributed by atoms with Crippen LogP contribution in [0.5, 0.6) is 0 Å². The highest BCUT2D eigenvalue weighted by Crippen LogP contribution is 2.12. The number of nitrogens with one attached hydrogen (secondary N) is 1. The highest BCUT2D eigenvalue weighted by atomic mass is 32.1. The zero-order valence-electron chi connectivity index (χ0n) is 7.15. The van der Waals surface area contributed by atoms with Gasteiger partial charge in [-0.25, -0.2) is 10.2 Å². The largest absolute Gasteiger partial charge is 0.464 e. The maximum Gasteiger partial charge on any atom is 0.425 e. The Bertz CT molecular complexity index is 320. The summed E-state index contributed by atoms with van der Waals surface area (Å²) in [6.07, 6.45) is 1.07. The van der Waals surface area contributed by atoms with Crippen molar-refractivity contribution in [1.82, 2.24) is 5.43 Å². The van der Waals surface area contributed by atoms with Gasteiger partial charge in [0.25, 0.3) is 0 Å². The normalized spacial score (nSPS) is 10.5. The van der Waals surface area contributed by atoms with E-state index in [-0.39, 0.29) is 0 Å². The van der Waals surface area contributed by atoms with E-state index in [9.17, 15) is 4.79 Å². The van der Waals surface area contributed by atoms with Gasteiger partial charge >= 0.3 is 6.09 Å². The molecule has 0 unspecified atom stereocenters. The topological polar surface area (TPSA) is 61.7 Å². The number of rotatable bonds is 3. The lowest BCUT2D eigenvalue weighted by atomic mass is 10.3. The fourth-order valence-corrected chi connectivity index (χ4v) is 1.66. The van der Waals surface area contributed by atoms with Gasteiger partial charge in [-0.3, -0.25) is 0 Å². The van der Waals surface area contributed by atoms with Gasteiger partial charge in [0.1, 0.15) is 0 Å². The second kappa shape index (κ2) is 4.61. The van der Waals surface area contributed by atoms with E-state index in [0.717, 1.165) is 0 Å². The average molecular weight is 198 g/mol. The van der Waals surface area contributed by atoms with E-state index in [1.807, 2.05) is 17.7 Å². The molecule has 1 rings (SSSR count). The first-order chi connectivity index (χ1) is 6.18. The van der Waals surface area contributed by atoms with E-state index in [1.54, 1.807) is 17.6 Å². The molecule has 1 amide bonds. The Morgan fingerprint density at radius 2 is 2.62 bits per heavy atom. The Balaban J connectivity index is 2.34. The molecule has 13 heavy (non-hydrogen) atoms. The molecule has 0 aromatic carbocycles. The first kappa shape index (κ1) is 9.73. The first-order valence-electron chi connectivity index (χ1n) is 3.73. The van der Waals surface area contributed by atoms with Gasteiger partial charge in [-0.15, -0.1) is 11.3 Å². The summed E-state index contributed by atoms with van der Waals surface area (Å²) in [5, 5.41) is 13.7. The Hall–Kier alpha value is -1.36. The Morgan fingerprint density at radius 1 is 1.85 bits per heavy atom. The zero-order valence-corrected chi connectivity index (χ0v) is 7.97. The van der Waals surface area contributed by atoms with Crippen LogP contribution in [-0.4, -0.2) is 17.4 Å². The van der Waals surface area contributed by atoms with Crippen LogP contribution in [0.1, 0.15) is 10.4 Å². The number of carboxylic acid groups (broad SMARTS) is 1. The number of amides is 1. The average Bonchev–Trinajstić information content (AvgIpc) is 2.45. The third kappa shape index (κ3) is 3.71. The number of thiophene rings is 1. The standard InChI is InChI=1S/C8H10N2O2S/c1-6-4-7(13-5-6)2-3-9-10-8(11)12/h3-5,10H,2H2,1H3,(H,11,12). The lowest BCUT2D eigenvalue weighted by molar-refractivity contribution is 0.195. The van der Waals surface area contributed by atoms with Crippen molar-refractivity contribution in [3.63, 3.8) is 0 Å². The molecule has 70 valence electrons. The monoisotopic (exact) mass is 198 g/mol. The molecule has 0 aliphatic carbocycles. The van der Waals surface area contributed by atoms with Crippen LogP contribution in [-0.2, 0) is 6.42 Å². The molecule has 5 heteroatoms. The van der Waals surface area contributed by atoms with Gasteiger partial charge in [-0.2, -0.15) is 5.10 Å². The zero-order chi connectivity index (χ0) is 9.68. The molecule has 0 aliphatic rings. The summed E-state index contributed by atoms with van der Waals surface area (Å²) >= 11 is 1.64. The summed E-state index contributed by atoms with van der Waals surface area (Å²) in [6.45, 7) is 2.02. The number of hydrogen-bond donors (Lipinski definition) is 2. The third-order valence-corrected chi connectivity index (χ3v) is 2.41. The minimum Gasteiger partial charge on any atom is -0.464 e. The van der Waals surface area contributed by atoms with Gasteiger partial charge in [0.15, 0.2) is 0 Å². The molecule has 0 saturated carbocycles. The van der Waals surface area contributed by atoms with E-state index in [4.69, 9.17) is 5.11 Å². The summed E-state index contributed by atoms with van der Waals surface area (Å²) < 4.78 is 0. The van der Waals surface area contributed by atoms with Gasteiger partial charge in [-0.1, -0.05) is 0 Å². The maximum atomic E-state index is 9.99. The van der Waals surface area contributed by atoms with Crippen LogP contribution in [0.15, 0.2) is 16.5 Å². The Labute approximate surface area is 79.9 Å². The van der Waals surface area contributed by atoms with Crippen LogP contribution in [0, 0.1) is 6.92 Å². The van der Waals surface area contributed by atoms with Crippen molar-refractivity contribution < 1.29 is 9.90 Å². The van der Waals surface area contributed by atoms with Crippen molar-refractivity contribution in [2.24, 2.45) is 5.10 Å². The van der Waals surface area contributed by atoms with E-state index >= 15 is 0 Å². The quantitative estimate of drug-likeness (QED) is 0.575. The second-order valence-electron chi connectivity index (χ2n) is 2.52. The number of aryl methyl sites for hydroxylation is 1. The van der Waals surface area contributed by atoms with E-state index in [2.05, 4.69) is 11.2 Å². The molecule has 1 aromatic heterocycles. The fourth-order valence-electron chi connectivity index (χ4n) is 0.834. The lowest BCUT2D eigenvalue weighted by Gasteiger charge is -1.89. The predicted molar refractivity (Wildman–Crippen MR) is 52.4 cm³/mol. The van der Waals surface area contributed by atoms with Crippen LogP contribution in [0.25, 0.3) is 0 Å². The first-order valence-corrected chi connectivity index (χ1v) is 4.61. The minimum absolute atomic E-state index is 0.665. The Kier molecular flexibility index (Phi) is 3.45. The maximum absolute atomic E-state index is 9.99. The Morgan fingerprint density at radius 3 is 3.15 bits per heavy atom. The summed E-state index contributed by atoms with van der Waals surface area (Å²) in [5.41, 5.74) is 3.14. The van der Waals surface area contributed by atoms with Gasteiger partial charge in [0, 0.05) is 17.5 Å². The third-order valence-electron chi connectivity index (χ3n) is 1.33. The molecule has 0 fully saturated rings. The van der Waals surface area contributed by atoms with Crippen molar-refractivity contribution >= 4 is 23.6 Å². The molecule has 1 heterocycles. The van der Waals surface area contributed by atoms with E-state index in [1.165, 1.54) is 10.4 Å². The van der Waals surface area contributed by atoms with E-state index in [0.29, 0.717) is 6.42 Å².